The summed E-state index contributed by atoms with van der Waals surface area (Å²) in [7, 11) is 0. The van der Waals surface area contributed by atoms with Gasteiger partial charge >= 0.3 is 0 Å². The topological polar surface area (TPSA) is 26.3 Å². The van der Waals surface area contributed by atoms with Crippen LogP contribution in [0.15, 0.2) is 36.4 Å². The van der Waals surface area contributed by atoms with Gasteiger partial charge in [0.25, 0.3) is 0 Å². The maximum absolute atomic E-state index is 13.8. The molecular weight excluding hydrogens is 267 g/mol. The third-order valence-corrected chi connectivity index (χ3v) is 2.96. The molecule has 19 heavy (non-hydrogen) atoms. The van der Waals surface area contributed by atoms with Crippen LogP contribution in [0.4, 0.5) is 4.39 Å². The van der Waals surface area contributed by atoms with Crippen LogP contribution in [0.25, 0.3) is 0 Å². The zero-order valence-electron chi connectivity index (χ0n) is 10.5. The number of aryl methyl sites for hydroxylation is 1. The fourth-order valence-corrected chi connectivity index (χ4v) is 1.84. The van der Waals surface area contributed by atoms with Crippen molar-refractivity contribution in [2.24, 2.45) is 0 Å². The summed E-state index contributed by atoms with van der Waals surface area (Å²) in [4.78, 5) is 11.5. The molecule has 2 aromatic rings. The molecule has 0 aliphatic rings. The molecule has 0 bridgehead atoms. The van der Waals surface area contributed by atoms with Gasteiger partial charge in [0.2, 0.25) is 0 Å². The van der Waals surface area contributed by atoms with Gasteiger partial charge in [0.05, 0.1) is 10.6 Å². The molecule has 98 valence electrons. The Kier molecular flexibility index (Phi) is 3.86. The number of ether oxygens (including phenoxy) is 1. The predicted molar refractivity (Wildman–Crippen MR) is 72.7 cm³/mol. The maximum atomic E-state index is 13.8. The second-order valence-electron chi connectivity index (χ2n) is 4.21. The molecule has 0 aliphatic heterocycles. The molecule has 0 aromatic heterocycles. The Hall–Kier alpha value is -1.87. The molecule has 0 saturated carbocycles. The number of Topliss-reactive ketones (excluding diaryl/α,β-unsaturated/α-hetero) is 1. The minimum absolute atomic E-state index is 0.0949. The summed E-state index contributed by atoms with van der Waals surface area (Å²) in [5.74, 6) is -0.625. The molecule has 2 aromatic carbocycles. The molecule has 0 saturated heterocycles. The lowest BCUT2D eigenvalue weighted by Crippen LogP contribution is -2.00. The molecular formula is C15H12ClFO2. The summed E-state index contributed by atoms with van der Waals surface area (Å²) in [5.41, 5.74) is 1.12. The third-order valence-electron chi connectivity index (χ3n) is 2.65. The van der Waals surface area contributed by atoms with Crippen molar-refractivity contribution in [3.8, 4) is 11.5 Å². The van der Waals surface area contributed by atoms with Crippen LogP contribution in [0.1, 0.15) is 22.8 Å². The summed E-state index contributed by atoms with van der Waals surface area (Å²) in [6.45, 7) is 3.23. The molecule has 2 rings (SSSR count). The van der Waals surface area contributed by atoms with Crippen LogP contribution in [0.2, 0.25) is 5.02 Å². The highest BCUT2D eigenvalue weighted by molar-refractivity contribution is 6.32. The van der Waals surface area contributed by atoms with Gasteiger partial charge in [-0.05, 0) is 43.7 Å². The maximum Gasteiger partial charge on any atom is 0.173 e. The van der Waals surface area contributed by atoms with Crippen molar-refractivity contribution in [2.45, 2.75) is 13.8 Å². The first-order valence-electron chi connectivity index (χ1n) is 5.72. The van der Waals surface area contributed by atoms with Gasteiger partial charge in [-0.25, -0.2) is 4.39 Å². The van der Waals surface area contributed by atoms with E-state index in [1.807, 2.05) is 13.0 Å². The number of hydrogen-bond acceptors (Lipinski definition) is 2. The third kappa shape index (κ3) is 2.93. The number of carbonyl (C=O) groups is 1. The van der Waals surface area contributed by atoms with E-state index in [0.717, 1.165) is 5.56 Å². The molecule has 0 spiro atoms. The lowest BCUT2D eigenvalue weighted by Gasteiger charge is -2.12. The number of ketones is 1. The van der Waals surface area contributed by atoms with Gasteiger partial charge in [0.1, 0.15) is 5.75 Å². The number of para-hydroxylation sites is 1. The van der Waals surface area contributed by atoms with Crippen LogP contribution in [-0.4, -0.2) is 5.78 Å². The molecule has 4 heteroatoms. The summed E-state index contributed by atoms with van der Waals surface area (Å²) in [5, 5.41) is 0.364. The number of halogens is 2. The molecule has 0 unspecified atom stereocenters. The van der Waals surface area contributed by atoms with Gasteiger partial charge in [-0.1, -0.05) is 23.7 Å². The zero-order chi connectivity index (χ0) is 14.0. The molecule has 0 heterocycles. The quantitative estimate of drug-likeness (QED) is 0.755. The minimum Gasteiger partial charge on any atom is -0.452 e. The summed E-state index contributed by atoms with van der Waals surface area (Å²) in [6.07, 6.45) is 0. The van der Waals surface area contributed by atoms with E-state index in [2.05, 4.69) is 0 Å². The highest BCUT2D eigenvalue weighted by atomic mass is 35.5. The Bertz CT molecular complexity index is 638. The Morgan fingerprint density at radius 2 is 2.00 bits per heavy atom. The largest absolute Gasteiger partial charge is 0.452 e. The first-order valence-corrected chi connectivity index (χ1v) is 6.10. The van der Waals surface area contributed by atoms with Crippen molar-refractivity contribution in [2.75, 3.05) is 0 Å². The van der Waals surface area contributed by atoms with E-state index in [9.17, 15) is 9.18 Å². The predicted octanol–water partition coefficient (Wildman–Crippen LogP) is 4.78. The van der Waals surface area contributed by atoms with E-state index >= 15 is 0 Å². The van der Waals surface area contributed by atoms with E-state index in [1.165, 1.54) is 25.1 Å². The zero-order valence-corrected chi connectivity index (χ0v) is 11.3. The second-order valence-corrected chi connectivity index (χ2v) is 4.62. The van der Waals surface area contributed by atoms with Gasteiger partial charge in [0, 0.05) is 0 Å². The van der Waals surface area contributed by atoms with E-state index < -0.39 is 5.82 Å². The van der Waals surface area contributed by atoms with Crippen molar-refractivity contribution < 1.29 is 13.9 Å². The number of benzene rings is 2. The van der Waals surface area contributed by atoms with Crippen molar-refractivity contribution in [3.05, 3.63) is 58.4 Å². The van der Waals surface area contributed by atoms with E-state index in [0.29, 0.717) is 10.8 Å². The fraction of sp³-hybridized carbons (Fsp3) is 0.133. The average molecular weight is 279 g/mol. The SMILES string of the molecule is CC(=O)c1cccc(F)c1Oc1cc(C)ccc1Cl. The summed E-state index contributed by atoms with van der Waals surface area (Å²) in [6, 6.07) is 9.41. The number of carbonyl (C=O) groups excluding carboxylic acids is 1. The monoisotopic (exact) mass is 278 g/mol. The van der Waals surface area contributed by atoms with Crippen molar-refractivity contribution in [1.29, 1.82) is 0 Å². The molecule has 0 atom stereocenters. The van der Waals surface area contributed by atoms with Gasteiger partial charge in [0.15, 0.2) is 17.3 Å². The van der Waals surface area contributed by atoms with Crippen molar-refractivity contribution in [1.82, 2.24) is 0 Å². The Balaban J connectivity index is 2.49. The first kappa shape index (κ1) is 13.6. The smallest absolute Gasteiger partial charge is 0.173 e. The lowest BCUT2D eigenvalue weighted by molar-refractivity contribution is 0.101. The van der Waals surface area contributed by atoms with Crippen LogP contribution in [0.5, 0.6) is 11.5 Å². The molecule has 0 radical (unpaired) electrons. The summed E-state index contributed by atoms with van der Waals surface area (Å²) >= 11 is 6.00. The van der Waals surface area contributed by atoms with E-state index in [4.69, 9.17) is 16.3 Å². The van der Waals surface area contributed by atoms with Gasteiger partial charge < -0.3 is 4.74 Å². The Morgan fingerprint density at radius 1 is 1.26 bits per heavy atom. The fourth-order valence-electron chi connectivity index (χ4n) is 1.69. The van der Waals surface area contributed by atoms with Crippen LogP contribution in [0.3, 0.4) is 0 Å². The molecule has 0 aliphatic carbocycles. The van der Waals surface area contributed by atoms with Gasteiger partial charge in [-0.3, -0.25) is 4.79 Å². The van der Waals surface area contributed by atoms with Crippen LogP contribution in [0, 0.1) is 12.7 Å². The Labute approximate surface area is 115 Å². The molecule has 0 N–H and O–H groups in total. The van der Waals surface area contributed by atoms with Crippen LogP contribution in [-0.2, 0) is 0 Å². The second kappa shape index (κ2) is 5.41. The Morgan fingerprint density at radius 3 is 2.68 bits per heavy atom. The molecule has 0 amide bonds. The highest BCUT2D eigenvalue weighted by Gasteiger charge is 2.15. The van der Waals surface area contributed by atoms with Crippen molar-refractivity contribution in [3.63, 3.8) is 0 Å². The van der Waals surface area contributed by atoms with E-state index in [1.54, 1.807) is 12.1 Å². The lowest BCUT2D eigenvalue weighted by atomic mass is 10.1. The summed E-state index contributed by atoms with van der Waals surface area (Å²) < 4.78 is 19.3. The highest BCUT2D eigenvalue weighted by Crippen LogP contribution is 2.33. The number of hydrogen-bond donors (Lipinski definition) is 0. The van der Waals surface area contributed by atoms with Crippen molar-refractivity contribution >= 4 is 17.4 Å². The number of rotatable bonds is 3. The van der Waals surface area contributed by atoms with Gasteiger partial charge in [-0.2, -0.15) is 0 Å². The first-order chi connectivity index (χ1) is 8.99. The normalized spacial score (nSPS) is 10.3. The van der Waals surface area contributed by atoms with Crippen LogP contribution >= 0.6 is 11.6 Å². The van der Waals surface area contributed by atoms with Crippen LogP contribution < -0.4 is 4.74 Å². The van der Waals surface area contributed by atoms with Gasteiger partial charge in [-0.15, -0.1) is 0 Å². The standard InChI is InChI=1S/C15H12ClFO2/c1-9-6-7-12(16)14(8-9)19-15-11(10(2)18)4-3-5-13(15)17/h3-8H,1-2H3. The molecule has 0 fully saturated rings. The molecule has 2 nitrogen and oxygen atoms in total. The average Bonchev–Trinajstić information content (AvgIpc) is 2.35. The minimum atomic E-state index is -0.592. The van der Waals surface area contributed by atoms with E-state index in [-0.39, 0.29) is 17.1 Å².